The van der Waals surface area contributed by atoms with E-state index in [9.17, 15) is 0 Å². The number of fused-ring (bicyclic) bond motifs is 9. The van der Waals surface area contributed by atoms with Crippen LogP contribution in [-0.2, 0) is 0 Å². The highest BCUT2D eigenvalue weighted by Crippen LogP contribution is 2.26. The molecule has 0 atom stereocenters. The zero-order chi connectivity index (χ0) is 30.8. The monoisotopic (exact) mass is 583 g/mol. The molecule has 6 aromatic heterocycles. The van der Waals surface area contributed by atoms with Crippen LogP contribution >= 0.6 is 0 Å². The molecule has 0 saturated carbocycles. The van der Waals surface area contributed by atoms with Crippen LogP contribution in [0.25, 0.3) is 65.4 Å². The molecule has 0 saturated heterocycles. The van der Waals surface area contributed by atoms with Crippen molar-refractivity contribution in [2.24, 2.45) is 0 Å². The lowest BCUT2D eigenvalue weighted by atomic mass is 10.1. The second kappa shape index (κ2) is 12.0. The first-order valence-corrected chi connectivity index (χ1v) is 14.7. The van der Waals surface area contributed by atoms with Crippen LogP contribution in [0.4, 0.5) is 0 Å². The van der Waals surface area contributed by atoms with Gasteiger partial charge < -0.3 is 0 Å². The van der Waals surface area contributed by atoms with Gasteiger partial charge in [-0.25, -0.2) is 0 Å². The fourth-order valence-corrected chi connectivity index (χ4v) is 5.69. The smallest absolute Gasteiger partial charge is 0.111 e. The minimum Gasteiger partial charge on any atom is -0.264 e. The normalized spacial score (nSPS) is 11.0. The van der Waals surface area contributed by atoms with E-state index < -0.39 is 0 Å². The van der Waals surface area contributed by atoms with Crippen LogP contribution in [-0.4, -0.2) is 34.9 Å². The van der Waals surface area contributed by atoms with Crippen molar-refractivity contribution >= 4 is 65.4 Å². The van der Waals surface area contributed by atoms with E-state index in [1.165, 1.54) is 10.8 Å². The fourth-order valence-electron chi connectivity index (χ4n) is 5.69. The lowest BCUT2D eigenvalue weighted by molar-refractivity contribution is 1.21. The maximum Gasteiger partial charge on any atom is 0.111 e. The lowest BCUT2D eigenvalue weighted by Gasteiger charge is -2.05. The van der Waals surface area contributed by atoms with Crippen LogP contribution in [0, 0.1) is 20.8 Å². The van der Waals surface area contributed by atoms with Gasteiger partial charge in [0.25, 0.3) is 0 Å². The van der Waals surface area contributed by atoms with E-state index in [-0.39, 0.29) is 0 Å². The highest BCUT2D eigenvalue weighted by atomic mass is 14.8. The van der Waals surface area contributed by atoms with E-state index >= 15 is 0 Å². The van der Waals surface area contributed by atoms with Crippen molar-refractivity contribution in [2.45, 2.75) is 20.8 Å². The summed E-state index contributed by atoms with van der Waals surface area (Å²) in [5.41, 5.74) is 8.90. The van der Waals surface area contributed by atoms with Gasteiger partial charge in [-0.15, -0.1) is 0 Å². The molecule has 0 unspecified atom stereocenters. The average Bonchev–Trinajstić information content (AvgIpc) is 3.09. The number of benzene rings is 3. The molecule has 0 spiro atoms. The Morgan fingerprint density at radius 2 is 0.867 bits per heavy atom. The summed E-state index contributed by atoms with van der Waals surface area (Å²) >= 11 is 0. The van der Waals surface area contributed by atoms with Gasteiger partial charge in [-0.05, 0) is 62.6 Å². The first-order valence-electron chi connectivity index (χ1n) is 14.7. The Labute approximate surface area is 259 Å². The summed E-state index contributed by atoms with van der Waals surface area (Å²) < 4.78 is 0. The Balaban J connectivity index is 0.000000108. The van der Waals surface area contributed by atoms with Crippen LogP contribution in [0.15, 0.2) is 122 Å². The van der Waals surface area contributed by atoms with Gasteiger partial charge in [0.1, 0.15) is 5.52 Å². The molecule has 9 rings (SSSR count). The Kier molecular flexibility index (Phi) is 7.41. The molecule has 216 valence electrons. The molecule has 0 radical (unpaired) electrons. The van der Waals surface area contributed by atoms with Gasteiger partial charge >= 0.3 is 0 Å². The molecule has 45 heavy (non-hydrogen) atoms. The molecule has 7 nitrogen and oxygen atoms in total. The molecule has 0 N–H and O–H groups in total. The number of nitrogens with zero attached hydrogens (tertiary/aromatic N) is 7. The van der Waals surface area contributed by atoms with Gasteiger partial charge in [0, 0.05) is 69.3 Å². The third-order valence-electron chi connectivity index (χ3n) is 7.83. The van der Waals surface area contributed by atoms with Crippen molar-refractivity contribution < 1.29 is 0 Å². The highest BCUT2D eigenvalue weighted by Gasteiger charge is 2.07. The van der Waals surface area contributed by atoms with E-state index in [0.29, 0.717) is 0 Å². The number of rotatable bonds is 0. The van der Waals surface area contributed by atoms with Gasteiger partial charge in [-0.3, -0.25) is 34.9 Å². The van der Waals surface area contributed by atoms with Crippen LogP contribution in [0.2, 0.25) is 0 Å². The van der Waals surface area contributed by atoms with E-state index in [1.54, 1.807) is 12.4 Å². The van der Waals surface area contributed by atoms with Crippen molar-refractivity contribution in [3.8, 4) is 0 Å². The molecular formula is C38H29N7. The molecule has 0 amide bonds. The summed E-state index contributed by atoms with van der Waals surface area (Å²) in [6.07, 6.45) is 8.95. The summed E-state index contributed by atoms with van der Waals surface area (Å²) in [5, 5.41) is 6.88. The van der Waals surface area contributed by atoms with Gasteiger partial charge in [0.2, 0.25) is 0 Å². The van der Waals surface area contributed by atoms with Crippen LogP contribution in [0.1, 0.15) is 17.1 Å². The SMILES string of the molecule is Cc1nc2ccccc2c2ccncc12.Cc1nc2ccccc2c2ncccc12.Cc1nc2ccccc2c2nccnc12. The fraction of sp³-hybridized carbons (Fsp3) is 0.0789. The van der Waals surface area contributed by atoms with Gasteiger partial charge in [-0.1, -0.05) is 54.6 Å². The quantitative estimate of drug-likeness (QED) is 0.165. The standard InChI is InChI=1S/2C13H10N2.C12H9N3/c1-9-10-6-4-8-14-13(10)11-5-2-3-7-12(11)15-9;1-9-12-8-14-7-6-10(12)11-4-2-3-5-13(11)15-9;1-8-11-12(14-7-6-13-11)9-4-2-3-5-10(9)15-8/h2*2-8H,1H3;2-7H,1H3. The van der Waals surface area contributed by atoms with Crippen LogP contribution < -0.4 is 0 Å². The van der Waals surface area contributed by atoms with Crippen LogP contribution in [0.5, 0.6) is 0 Å². The maximum atomic E-state index is 4.56. The van der Waals surface area contributed by atoms with Crippen molar-refractivity contribution in [3.05, 3.63) is 139 Å². The third-order valence-corrected chi connectivity index (χ3v) is 7.83. The summed E-state index contributed by atoms with van der Waals surface area (Å²) in [5.74, 6) is 0. The van der Waals surface area contributed by atoms with Crippen molar-refractivity contribution in [1.82, 2.24) is 34.9 Å². The Bertz CT molecular complexity index is 2210. The van der Waals surface area contributed by atoms with Gasteiger partial charge in [0.05, 0.1) is 33.3 Å². The second-order valence-electron chi connectivity index (χ2n) is 10.7. The number of aryl methyl sites for hydroxylation is 3. The first-order chi connectivity index (χ1) is 22.1. The highest BCUT2D eigenvalue weighted by molar-refractivity contribution is 6.06. The molecule has 7 heteroatoms. The number of aromatic nitrogens is 7. The minimum absolute atomic E-state index is 0.885. The Morgan fingerprint density at radius 1 is 0.356 bits per heavy atom. The first kappa shape index (κ1) is 27.9. The Hall–Kier alpha value is -5.95. The average molecular weight is 584 g/mol. The molecule has 0 bridgehead atoms. The molecule has 0 fully saturated rings. The van der Waals surface area contributed by atoms with Gasteiger partial charge in [0.15, 0.2) is 0 Å². The van der Waals surface area contributed by atoms with Crippen molar-refractivity contribution in [2.75, 3.05) is 0 Å². The third kappa shape index (κ3) is 5.36. The topological polar surface area (TPSA) is 90.2 Å². The molecule has 6 heterocycles. The summed E-state index contributed by atoms with van der Waals surface area (Å²) in [7, 11) is 0. The molecule has 9 aromatic rings. The predicted octanol–water partition coefficient (Wildman–Crippen LogP) is 8.67. The van der Waals surface area contributed by atoms with Crippen molar-refractivity contribution in [3.63, 3.8) is 0 Å². The summed E-state index contributed by atoms with van der Waals surface area (Å²) in [6.45, 7) is 6.01. The number of hydrogen-bond donors (Lipinski definition) is 0. The number of pyridine rings is 5. The largest absolute Gasteiger partial charge is 0.264 e. The van der Waals surface area contributed by atoms with E-state index in [4.69, 9.17) is 0 Å². The Morgan fingerprint density at radius 3 is 1.58 bits per heavy atom. The zero-order valence-electron chi connectivity index (χ0n) is 25.2. The zero-order valence-corrected chi connectivity index (χ0v) is 25.2. The van der Waals surface area contributed by atoms with Gasteiger partial charge in [-0.2, -0.15) is 0 Å². The molecule has 0 aliphatic heterocycles. The van der Waals surface area contributed by atoms with Crippen molar-refractivity contribution in [1.29, 1.82) is 0 Å². The molecule has 3 aromatic carbocycles. The minimum atomic E-state index is 0.885. The molecular weight excluding hydrogens is 554 g/mol. The second-order valence-corrected chi connectivity index (χ2v) is 10.7. The molecule has 0 aliphatic carbocycles. The summed E-state index contributed by atoms with van der Waals surface area (Å²) in [6, 6.07) is 30.4. The lowest BCUT2D eigenvalue weighted by Crippen LogP contribution is -1.91. The molecule has 0 aliphatic rings. The van der Waals surface area contributed by atoms with Crippen LogP contribution in [0.3, 0.4) is 0 Å². The number of para-hydroxylation sites is 3. The summed E-state index contributed by atoms with van der Waals surface area (Å²) in [4.78, 5) is 30.9. The van der Waals surface area contributed by atoms with E-state index in [2.05, 4.69) is 53.1 Å². The number of hydrogen-bond acceptors (Lipinski definition) is 7. The van der Waals surface area contributed by atoms with E-state index in [1.807, 2.05) is 112 Å². The predicted molar refractivity (Wildman–Crippen MR) is 183 cm³/mol. The van der Waals surface area contributed by atoms with E-state index in [0.717, 1.165) is 71.7 Å². The maximum absolute atomic E-state index is 4.56.